The molecule has 63 valence electrons. The quantitative estimate of drug-likeness (QED) is 0.383. The molecule has 0 heterocycles. The fourth-order valence-corrected chi connectivity index (χ4v) is 1.33. The van der Waals surface area contributed by atoms with Crippen molar-refractivity contribution in [3.63, 3.8) is 0 Å². The number of hydrogen-bond acceptors (Lipinski definition) is 3. The monoisotopic (exact) mass is 200 g/mol. The van der Waals surface area contributed by atoms with Gasteiger partial charge >= 0.3 is 0 Å². The molecule has 0 aliphatic carbocycles. The Hall–Kier alpha value is -0.538. The molecule has 4 nitrogen and oxygen atoms in total. The highest BCUT2D eigenvalue weighted by atomic mass is 32.2. The summed E-state index contributed by atoms with van der Waals surface area (Å²) in [6.45, 7) is 0. The van der Waals surface area contributed by atoms with E-state index in [1.54, 1.807) is 6.07 Å². The zero-order chi connectivity index (χ0) is 8.48. The molecule has 0 amide bonds. The second-order valence-corrected chi connectivity index (χ2v) is 3.40. The molecular weight excluding hydrogens is 193 g/mol. The molecule has 0 spiro atoms. The third kappa shape index (κ3) is 2.50. The summed E-state index contributed by atoms with van der Waals surface area (Å²) in [7, 11) is -4.16. The van der Waals surface area contributed by atoms with Crippen molar-refractivity contribution in [2.75, 3.05) is 5.73 Å². The van der Waals surface area contributed by atoms with E-state index in [9.17, 15) is 8.42 Å². The van der Waals surface area contributed by atoms with Gasteiger partial charge in [0.15, 0.2) is 0 Å². The van der Waals surface area contributed by atoms with Crippen LogP contribution < -0.4 is 5.73 Å². The number of hydrogen-bond donors (Lipinski definition) is 2. The molecule has 0 aromatic heterocycles. The van der Waals surface area contributed by atoms with Crippen LogP contribution in [0.3, 0.4) is 0 Å². The molecule has 1 rings (SSSR count). The van der Waals surface area contributed by atoms with Crippen molar-refractivity contribution in [3.8, 4) is 0 Å². The van der Waals surface area contributed by atoms with Crippen LogP contribution in [0.4, 0.5) is 5.69 Å². The SMILES string of the molecule is Nc1ccccc1S(=O)(=O)O.[Al]. The van der Waals surface area contributed by atoms with Gasteiger partial charge in [-0.15, -0.1) is 0 Å². The topological polar surface area (TPSA) is 80.4 Å². The molecule has 12 heavy (non-hydrogen) atoms. The normalized spacial score (nSPS) is 10.4. The average Bonchev–Trinajstić information content (AvgIpc) is 1.86. The number of nitrogens with two attached hydrogens (primary N) is 1. The van der Waals surface area contributed by atoms with Crippen molar-refractivity contribution < 1.29 is 13.0 Å². The van der Waals surface area contributed by atoms with E-state index in [4.69, 9.17) is 10.3 Å². The fraction of sp³-hybridized carbons (Fsp3) is 0. The Morgan fingerprint density at radius 1 is 1.25 bits per heavy atom. The van der Waals surface area contributed by atoms with E-state index in [1.165, 1.54) is 18.2 Å². The number of anilines is 1. The molecule has 0 atom stereocenters. The van der Waals surface area contributed by atoms with Crippen molar-refractivity contribution in [2.45, 2.75) is 4.90 Å². The van der Waals surface area contributed by atoms with Crippen LogP contribution in [-0.2, 0) is 10.1 Å². The van der Waals surface area contributed by atoms with Crippen molar-refractivity contribution in [2.24, 2.45) is 0 Å². The van der Waals surface area contributed by atoms with E-state index in [2.05, 4.69) is 0 Å². The maximum atomic E-state index is 10.5. The van der Waals surface area contributed by atoms with Crippen LogP contribution in [-0.4, -0.2) is 30.3 Å². The lowest BCUT2D eigenvalue weighted by Crippen LogP contribution is -2.01. The zero-order valence-corrected chi connectivity index (χ0v) is 8.11. The Morgan fingerprint density at radius 2 is 1.75 bits per heavy atom. The molecule has 1 aromatic rings. The van der Waals surface area contributed by atoms with Crippen molar-refractivity contribution in [3.05, 3.63) is 24.3 Å². The minimum absolute atomic E-state index is 0. The summed E-state index contributed by atoms with van der Waals surface area (Å²) < 4.78 is 29.6. The summed E-state index contributed by atoms with van der Waals surface area (Å²) in [6, 6.07) is 5.72. The van der Waals surface area contributed by atoms with Gasteiger partial charge in [0.1, 0.15) is 4.90 Å². The average molecular weight is 200 g/mol. The minimum Gasteiger partial charge on any atom is -0.398 e. The van der Waals surface area contributed by atoms with E-state index in [0.29, 0.717) is 0 Å². The highest BCUT2D eigenvalue weighted by Crippen LogP contribution is 2.15. The van der Waals surface area contributed by atoms with Gasteiger partial charge in [0, 0.05) is 17.4 Å². The van der Waals surface area contributed by atoms with Gasteiger partial charge in [0.2, 0.25) is 0 Å². The Bertz CT molecular complexity index is 363. The maximum Gasteiger partial charge on any atom is 0.296 e. The Kier molecular flexibility index (Phi) is 3.74. The summed E-state index contributed by atoms with van der Waals surface area (Å²) in [5.41, 5.74) is 5.32. The van der Waals surface area contributed by atoms with Crippen molar-refractivity contribution in [1.82, 2.24) is 0 Å². The predicted molar refractivity (Wildman–Crippen MR) is 46.4 cm³/mol. The second-order valence-electron chi connectivity index (χ2n) is 2.01. The van der Waals surface area contributed by atoms with E-state index >= 15 is 0 Å². The lowest BCUT2D eigenvalue weighted by atomic mass is 10.3. The van der Waals surface area contributed by atoms with Crippen molar-refractivity contribution in [1.29, 1.82) is 0 Å². The lowest BCUT2D eigenvalue weighted by Gasteiger charge is -1.98. The summed E-state index contributed by atoms with van der Waals surface area (Å²) in [6.07, 6.45) is 0. The van der Waals surface area contributed by atoms with Gasteiger partial charge < -0.3 is 5.73 Å². The first kappa shape index (κ1) is 11.5. The highest BCUT2D eigenvalue weighted by molar-refractivity contribution is 7.86. The van der Waals surface area contributed by atoms with E-state index in [-0.39, 0.29) is 27.9 Å². The molecule has 6 heteroatoms. The third-order valence-corrected chi connectivity index (χ3v) is 2.12. The van der Waals surface area contributed by atoms with Crippen LogP contribution >= 0.6 is 0 Å². The van der Waals surface area contributed by atoms with Crippen LogP contribution in [0.15, 0.2) is 29.2 Å². The number of nitrogen functional groups attached to an aromatic ring is 1. The molecule has 0 aliphatic rings. The predicted octanol–water partition coefficient (Wildman–Crippen LogP) is 0.135. The molecular formula is C6H7AlNO3S. The Balaban J connectivity index is 0.00000121. The summed E-state index contributed by atoms with van der Waals surface area (Å²) >= 11 is 0. The van der Waals surface area contributed by atoms with Crippen LogP contribution in [0.5, 0.6) is 0 Å². The summed E-state index contributed by atoms with van der Waals surface area (Å²) in [4.78, 5) is -0.250. The van der Waals surface area contributed by atoms with E-state index in [1.807, 2.05) is 0 Å². The summed E-state index contributed by atoms with van der Waals surface area (Å²) in [5.74, 6) is 0. The number of benzene rings is 1. The minimum atomic E-state index is -4.16. The van der Waals surface area contributed by atoms with Crippen LogP contribution in [0, 0.1) is 0 Å². The molecule has 0 bridgehead atoms. The molecule has 3 radical (unpaired) electrons. The van der Waals surface area contributed by atoms with Gasteiger partial charge in [-0.05, 0) is 12.1 Å². The van der Waals surface area contributed by atoms with Gasteiger partial charge in [0.25, 0.3) is 10.1 Å². The second kappa shape index (κ2) is 3.92. The molecule has 0 saturated heterocycles. The van der Waals surface area contributed by atoms with E-state index in [0.717, 1.165) is 0 Å². The van der Waals surface area contributed by atoms with Gasteiger partial charge in [-0.1, -0.05) is 12.1 Å². The fourth-order valence-electron chi connectivity index (χ4n) is 0.715. The highest BCUT2D eigenvalue weighted by Gasteiger charge is 2.11. The standard InChI is InChI=1S/C6H7NO3S.Al/c7-5-3-1-2-4-6(5)11(8,9)10;/h1-4H,7H2,(H,8,9,10);. The van der Waals surface area contributed by atoms with Crippen LogP contribution in [0.1, 0.15) is 0 Å². The Labute approximate surface area is 81.3 Å². The first-order valence-corrected chi connectivity index (χ1v) is 4.28. The van der Waals surface area contributed by atoms with E-state index < -0.39 is 10.1 Å². The number of rotatable bonds is 1. The van der Waals surface area contributed by atoms with Gasteiger partial charge in [-0.3, -0.25) is 4.55 Å². The summed E-state index contributed by atoms with van der Waals surface area (Å²) in [5, 5.41) is 0. The van der Waals surface area contributed by atoms with Crippen molar-refractivity contribution >= 4 is 33.2 Å². The van der Waals surface area contributed by atoms with Crippen LogP contribution in [0.25, 0.3) is 0 Å². The van der Waals surface area contributed by atoms with Gasteiger partial charge in [0.05, 0.1) is 5.69 Å². The smallest absolute Gasteiger partial charge is 0.296 e. The van der Waals surface area contributed by atoms with Gasteiger partial charge in [-0.2, -0.15) is 8.42 Å². The first-order chi connectivity index (χ1) is 5.02. The van der Waals surface area contributed by atoms with Gasteiger partial charge in [-0.25, -0.2) is 0 Å². The van der Waals surface area contributed by atoms with Crippen LogP contribution in [0.2, 0.25) is 0 Å². The molecule has 1 aromatic carbocycles. The third-order valence-electron chi connectivity index (χ3n) is 1.20. The molecule has 0 aliphatic heterocycles. The maximum absolute atomic E-state index is 10.5. The lowest BCUT2D eigenvalue weighted by molar-refractivity contribution is 0.483. The molecule has 0 saturated carbocycles. The largest absolute Gasteiger partial charge is 0.398 e. The Morgan fingerprint density at radius 3 is 2.08 bits per heavy atom. The molecule has 0 unspecified atom stereocenters. The molecule has 3 N–H and O–H groups in total. The number of para-hydroxylation sites is 1. The zero-order valence-electron chi connectivity index (χ0n) is 6.14. The molecule has 0 fully saturated rings. The first-order valence-electron chi connectivity index (χ1n) is 2.84.